The van der Waals surface area contributed by atoms with Gasteiger partial charge in [0.25, 0.3) is 5.91 Å². The Kier molecular flexibility index (Phi) is 5.95. The van der Waals surface area contributed by atoms with Gasteiger partial charge < -0.3 is 15.2 Å². The van der Waals surface area contributed by atoms with Crippen LogP contribution in [0.2, 0.25) is 0 Å². The van der Waals surface area contributed by atoms with Gasteiger partial charge in [0.1, 0.15) is 0 Å². The monoisotopic (exact) mass is 280 g/mol. The molecule has 0 aliphatic heterocycles. The van der Waals surface area contributed by atoms with Crippen molar-refractivity contribution in [2.45, 2.75) is 40.2 Å². The number of amides is 1. The maximum Gasteiger partial charge on any atom is 0.253 e. The first-order valence-corrected chi connectivity index (χ1v) is 6.86. The number of aromatic nitrogens is 1. The second-order valence-electron chi connectivity index (χ2n) is 5.94. The number of hydrogen-bond donors (Lipinski definition) is 2. The predicted octanol–water partition coefficient (Wildman–Crippen LogP) is 2.01. The minimum absolute atomic E-state index is 0.0394. The van der Waals surface area contributed by atoms with E-state index in [0.29, 0.717) is 24.5 Å². The van der Waals surface area contributed by atoms with Crippen molar-refractivity contribution in [2.75, 3.05) is 13.2 Å². The fourth-order valence-corrected chi connectivity index (χ4v) is 1.92. The van der Waals surface area contributed by atoms with E-state index in [-0.39, 0.29) is 24.0 Å². The molecule has 0 spiro atoms. The first kappa shape index (κ1) is 16.4. The van der Waals surface area contributed by atoms with Gasteiger partial charge >= 0.3 is 0 Å². The van der Waals surface area contributed by atoms with E-state index < -0.39 is 0 Å². The van der Waals surface area contributed by atoms with Crippen molar-refractivity contribution in [1.29, 1.82) is 0 Å². The smallest absolute Gasteiger partial charge is 0.253 e. The zero-order valence-electron chi connectivity index (χ0n) is 12.6. The minimum Gasteiger partial charge on any atom is -0.478 e. The van der Waals surface area contributed by atoms with Crippen molar-refractivity contribution < 1.29 is 14.6 Å². The normalized spacial score (nSPS) is 12.8. The molecule has 0 bridgehead atoms. The number of aliphatic hydroxyl groups is 1. The van der Waals surface area contributed by atoms with Crippen LogP contribution < -0.4 is 10.1 Å². The van der Waals surface area contributed by atoms with Gasteiger partial charge in [-0.2, -0.15) is 0 Å². The summed E-state index contributed by atoms with van der Waals surface area (Å²) in [6.45, 7) is 8.55. The fourth-order valence-electron chi connectivity index (χ4n) is 1.92. The molecule has 20 heavy (non-hydrogen) atoms. The molecule has 5 nitrogen and oxygen atoms in total. The lowest BCUT2D eigenvalue weighted by atomic mass is 9.88. The maximum atomic E-state index is 12.1. The number of nitrogens with one attached hydrogen (secondary N) is 1. The molecule has 112 valence electrons. The number of rotatable bonds is 6. The SMILES string of the molecule is CCOc1ccc(C(=O)NC(CO)CC(C)(C)C)cn1. The van der Waals surface area contributed by atoms with Crippen LogP contribution in [0.15, 0.2) is 18.3 Å². The number of pyridine rings is 1. The fraction of sp³-hybridized carbons (Fsp3) is 0.600. The van der Waals surface area contributed by atoms with Crippen LogP contribution in [0.3, 0.4) is 0 Å². The van der Waals surface area contributed by atoms with Crippen LogP contribution in [-0.2, 0) is 0 Å². The Labute approximate surface area is 120 Å². The Bertz CT molecular complexity index is 424. The summed E-state index contributed by atoms with van der Waals surface area (Å²) in [4.78, 5) is 16.1. The number of nitrogens with zero attached hydrogens (tertiary/aromatic N) is 1. The van der Waals surface area contributed by atoms with Gasteiger partial charge in [-0.15, -0.1) is 0 Å². The summed E-state index contributed by atoms with van der Waals surface area (Å²) in [6, 6.07) is 3.07. The van der Waals surface area contributed by atoms with Crippen molar-refractivity contribution >= 4 is 5.91 Å². The second kappa shape index (κ2) is 7.24. The number of hydrogen-bond acceptors (Lipinski definition) is 4. The molecule has 5 heteroatoms. The van der Waals surface area contributed by atoms with Gasteiger partial charge in [-0.25, -0.2) is 4.98 Å². The molecule has 0 radical (unpaired) electrons. The lowest BCUT2D eigenvalue weighted by Gasteiger charge is -2.25. The van der Waals surface area contributed by atoms with Crippen molar-refractivity contribution in [2.24, 2.45) is 5.41 Å². The van der Waals surface area contributed by atoms with Crippen LogP contribution in [-0.4, -0.2) is 35.3 Å². The van der Waals surface area contributed by atoms with Gasteiger partial charge in [0, 0.05) is 12.3 Å². The summed E-state index contributed by atoms with van der Waals surface area (Å²) < 4.78 is 5.23. The summed E-state index contributed by atoms with van der Waals surface area (Å²) >= 11 is 0. The number of carbonyl (C=O) groups is 1. The van der Waals surface area contributed by atoms with E-state index in [1.165, 1.54) is 6.20 Å². The third kappa shape index (κ3) is 5.57. The highest BCUT2D eigenvalue weighted by atomic mass is 16.5. The molecule has 1 unspecified atom stereocenters. The van der Waals surface area contributed by atoms with E-state index in [4.69, 9.17) is 4.74 Å². The van der Waals surface area contributed by atoms with Crippen LogP contribution in [0.5, 0.6) is 5.88 Å². The van der Waals surface area contributed by atoms with Gasteiger partial charge in [0.15, 0.2) is 0 Å². The average molecular weight is 280 g/mol. The second-order valence-corrected chi connectivity index (χ2v) is 5.94. The van der Waals surface area contributed by atoms with Crippen LogP contribution in [0.4, 0.5) is 0 Å². The molecule has 0 aliphatic carbocycles. The first-order chi connectivity index (χ1) is 9.35. The minimum atomic E-state index is -0.255. The van der Waals surface area contributed by atoms with E-state index in [1.807, 2.05) is 6.92 Å². The molecule has 1 rings (SSSR count). The Morgan fingerprint density at radius 2 is 2.15 bits per heavy atom. The Hall–Kier alpha value is -1.62. The van der Waals surface area contributed by atoms with E-state index >= 15 is 0 Å². The summed E-state index contributed by atoms with van der Waals surface area (Å²) in [5, 5.41) is 12.2. The van der Waals surface area contributed by atoms with Crippen molar-refractivity contribution in [3.8, 4) is 5.88 Å². The lowest BCUT2D eigenvalue weighted by molar-refractivity contribution is 0.0897. The molecule has 1 aromatic rings. The molecule has 0 aromatic carbocycles. The molecular formula is C15H24N2O3. The van der Waals surface area contributed by atoms with Gasteiger partial charge in [0.2, 0.25) is 5.88 Å². The Morgan fingerprint density at radius 1 is 1.45 bits per heavy atom. The highest BCUT2D eigenvalue weighted by molar-refractivity contribution is 5.94. The van der Waals surface area contributed by atoms with Crippen LogP contribution >= 0.6 is 0 Å². The Balaban J connectivity index is 2.64. The standard InChI is InChI=1S/C15H24N2O3/c1-5-20-13-7-6-11(9-16-13)14(19)17-12(10-18)8-15(2,3)4/h6-7,9,12,18H,5,8,10H2,1-4H3,(H,17,19). The molecular weight excluding hydrogens is 256 g/mol. The molecule has 0 saturated carbocycles. The zero-order chi connectivity index (χ0) is 15.2. The summed E-state index contributed by atoms with van der Waals surface area (Å²) in [7, 11) is 0. The summed E-state index contributed by atoms with van der Waals surface area (Å²) in [6.07, 6.45) is 2.19. The van der Waals surface area contributed by atoms with Gasteiger partial charge in [0.05, 0.1) is 24.8 Å². The first-order valence-electron chi connectivity index (χ1n) is 6.86. The average Bonchev–Trinajstić information content (AvgIpc) is 2.37. The topological polar surface area (TPSA) is 71.5 Å². The highest BCUT2D eigenvalue weighted by Gasteiger charge is 2.20. The molecule has 1 heterocycles. The maximum absolute atomic E-state index is 12.1. The van der Waals surface area contributed by atoms with Gasteiger partial charge in [-0.3, -0.25) is 4.79 Å². The van der Waals surface area contributed by atoms with Gasteiger partial charge in [-0.05, 0) is 24.8 Å². The molecule has 1 aromatic heterocycles. The van der Waals surface area contributed by atoms with Crippen LogP contribution in [0.1, 0.15) is 44.5 Å². The van der Waals surface area contributed by atoms with E-state index in [9.17, 15) is 9.90 Å². The van der Waals surface area contributed by atoms with Crippen molar-refractivity contribution in [3.05, 3.63) is 23.9 Å². The highest BCUT2D eigenvalue weighted by Crippen LogP contribution is 2.20. The molecule has 1 amide bonds. The third-order valence-electron chi connectivity index (χ3n) is 2.71. The molecule has 0 aliphatic rings. The summed E-state index contributed by atoms with van der Waals surface area (Å²) in [5.74, 6) is 0.265. The third-order valence-corrected chi connectivity index (χ3v) is 2.71. The van der Waals surface area contributed by atoms with Crippen LogP contribution in [0, 0.1) is 5.41 Å². The van der Waals surface area contributed by atoms with Crippen molar-refractivity contribution in [1.82, 2.24) is 10.3 Å². The summed E-state index contributed by atoms with van der Waals surface area (Å²) in [5.41, 5.74) is 0.499. The number of carbonyl (C=O) groups excluding carboxylic acids is 1. The molecule has 1 atom stereocenters. The molecule has 0 saturated heterocycles. The predicted molar refractivity (Wildman–Crippen MR) is 77.8 cm³/mol. The number of ether oxygens (including phenoxy) is 1. The van der Waals surface area contributed by atoms with Crippen LogP contribution in [0.25, 0.3) is 0 Å². The van der Waals surface area contributed by atoms with E-state index in [1.54, 1.807) is 12.1 Å². The number of aliphatic hydroxyl groups excluding tert-OH is 1. The molecule has 0 fully saturated rings. The zero-order valence-corrected chi connectivity index (χ0v) is 12.6. The largest absolute Gasteiger partial charge is 0.478 e. The van der Waals surface area contributed by atoms with Crippen molar-refractivity contribution in [3.63, 3.8) is 0 Å². The van der Waals surface area contributed by atoms with Gasteiger partial charge in [-0.1, -0.05) is 20.8 Å². The molecule has 2 N–H and O–H groups in total. The lowest BCUT2D eigenvalue weighted by Crippen LogP contribution is -2.40. The van der Waals surface area contributed by atoms with E-state index in [2.05, 4.69) is 31.1 Å². The Morgan fingerprint density at radius 3 is 2.60 bits per heavy atom. The van der Waals surface area contributed by atoms with E-state index in [0.717, 1.165) is 0 Å². The quantitative estimate of drug-likeness (QED) is 0.836.